The van der Waals surface area contributed by atoms with Crippen molar-refractivity contribution in [1.82, 2.24) is 0 Å². The standard InChI is InChI=1S/C8H11ClO2/c9-7-1-5-6(3-10)4(7)2-8(5)11/h4-7,10H,1-3H2/t4-,5+,6+,7-/m0/s1. The minimum absolute atomic E-state index is 0.0764. The van der Waals surface area contributed by atoms with Crippen molar-refractivity contribution >= 4 is 17.4 Å². The predicted molar refractivity (Wildman–Crippen MR) is 41.4 cm³/mol. The Balaban J connectivity index is 2.20. The Morgan fingerprint density at radius 1 is 1.64 bits per heavy atom. The fourth-order valence-corrected chi connectivity index (χ4v) is 2.92. The molecule has 62 valence electrons. The Hall–Kier alpha value is -0.0800. The summed E-state index contributed by atoms with van der Waals surface area (Å²) in [6, 6.07) is 0. The Morgan fingerprint density at radius 2 is 2.36 bits per heavy atom. The first-order valence-electron chi connectivity index (χ1n) is 4.01. The normalized spacial score (nSPS) is 48.7. The van der Waals surface area contributed by atoms with Gasteiger partial charge in [-0.05, 0) is 18.3 Å². The van der Waals surface area contributed by atoms with Gasteiger partial charge >= 0.3 is 0 Å². The van der Waals surface area contributed by atoms with Crippen molar-refractivity contribution in [3.05, 3.63) is 0 Å². The maximum atomic E-state index is 11.2. The van der Waals surface area contributed by atoms with Crippen molar-refractivity contribution in [3.8, 4) is 0 Å². The molecule has 0 aliphatic heterocycles. The molecule has 1 N–H and O–H groups in total. The maximum absolute atomic E-state index is 11.2. The molecule has 4 atom stereocenters. The molecule has 2 aliphatic rings. The molecule has 0 saturated heterocycles. The summed E-state index contributed by atoms with van der Waals surface area (Å²) in [6.45, 7) is 0.129. The molecule has 0 aromatic carbocycles. The van der Waals surface area contributed by atoms with E-state index >= 15 is 0 Å². The number of carbonyl (C=O) groups excluding carboxylic acids is 1. The molecule has 3 heteroatoms. The van der Waals surface area contributed by atoms with Gasteiger partial charge in [-0.15, -0.1) is 11.6 Å². The van der Waals surface area contributed by atoms with Crippen LogP contribution in [0.2, 0.25) is 0 Å². The minimum Gasteiger partial charge on any atom is -0.396 e. The zero-order chi connectivity index (χ0) is 8.01. The first-order valence-corrected chi connectivity index (χ1v) is 4.45. The van der Waals surface area contributed by atoms with Crippen LogP contribution in [0.25, 0.3) is 0 Å². The predicted octanol–water partition coefficient (Wildman–Crippen LogP) is 0.811. The number of aliphatic hydroxyl groups excluding tert-OH is 1. The molecular formula is C8H11ClO2. The number of hydrogen-bond donors (Lipinski definition) is 1. The van der Waals surface area contributed by atoms with Gasteiger partial charge < -0.3 is 5.11 Å². The number of carbonyl (C=O) groups is 1. The molecule has 2 nitrogen and oxygen atoms in total. The van der Waals surface area contributed by atoms with E-state index in [1.165, 1.54) is 0 Å². The quantitative estimate of drug-likeness (QED) is 0.598. The van der Waals surface area contributed by atoms with Crippen LogP contribution >= 0.6 is 11.6 Å². The van der Waals surface area contributed by atoms with Gasteiger partial charge in [0.2, 0.25) is 0 Å². The second-order valence-electron chi connectivity index (χ2n) is 3.54. The third kappa shape index (κ3) is 0.926. The monoisotopic (exact) mass is 174 g/mol. The van der Waals surface area contributed by atoms with Gasteiger partial charge in [0.1, 0.15) is 5.78 Å². The van der Waals surface area contributed by atoms with E-state index in [4.69, 9.17) is 16.7 Å². The van der Waals surface area contributed by atoms with E-state index < -0.39 is 0 Å². The van der Waals surface area contributed by atoms with Gasteiger partial charge in [0.05, 0.1) is 0 Å². The second-order valence-corrected chi connectivity index (χ2v) is 4.10. The van der Waals surface area contributed by atoms with Crippen LogP contribution in [-0.4, -0.2) is 22.9 Å². The summed E-state index contributed by atoms with van der Waals surface area (Å²) in [6.07, 6.45) is 1.39. The van der Waals surface area contributed by atoms with Gasteiger partial charge in [0.25, 0.3) is 0 Å². The Bertz CT molecular complexity index is 193. The Kier molecular flexibility index (Phi) is 1.69. The summed E-state index contributed by atoms with van der Waals surface area (Å²) in [5.74, 6) is 0.822. The number of fused-ring (bicyclic) bond motifs is 2. The van der Waals surface area contributed by atoms with Crippen LogP contribution in [0.5, 0.6) is 0 Å². The molecule has 11 heavy (non-hydrogen) atoms. The molecule has 2 bridgehead atoms. The van der Waals surface area contributed by atoms with Crippen molar-refractivity contribution in [2.24, 2.45) is 17.8 Å². The molecule has 0 aromatic heterocycles. The molecule has 0 heterocycles. The third-order valence-corrected chi connectivity index (χ3v) is 3.57. The molecule has 0 aromatic rings. The number of rotatable bonds is 1. The van der Waals surface area contributed by atoms with E-state index in [2.05, 4.69) is 0 Å². The largest absolute Gasteiger partial charge is 0.396 e. The molecule has 0 unspecified atom stereocenters. The summed E-state index contributed by atoms with van der Waals surface area (Å²) in [7, 11) is 0. The number of halogens is 1. The van der Waals surface area contributed by atoms with Crippen molar-refractivity contribution in [1.29, 1.82) is 0 Å². The lowest BCUT2D eigenvalue weighted by Crippen LogP contribution is -2.16. The van der Waals surface area contributed by atoms with Crippen molar-refractivity contribution in [2.45, 2.75) is 18.2 Å². The van der Waals surface area contributed by atoms with Crippen LogP contribution in [0, 0.1) is 17.8 Å². The molecule has 2 fully saturated rings. The van der Waals surface area contributed by atoms with Gasteiger partial charge in [-0.2, -0.15) is 0 Å². The lowest BCUT2D eigenvalue weighted by molar-refractivity contribution is -0.122. The van der Waals surface area contributed by atoms with Crippen molar-refractivity contribution in [2.75, 3.05) is 6.61 Å². The third-order valence-electron chi connectivity index (χ3n) is 3.07. The average Bonchev–Trinajstić information content (AvgIpc) is 2.42. The highest BCUT2D eigenvalue weighted by Gasteiger charge is 2.51. The average molecular weight is 175 g/mol. The SMILES string of the molecule is O=C1C[C@H]2[C@@H](CO)[C@H]1C[C@@H]2Cl. The number of ketones is 1. The Morgan fingerprint density at radius 3 is 2.73 bits per heavy atom. The highest BCUT2D eigenvalue weighted by molar-refractivity contribution is 6.21. The van der Waals surface area contributed by atoms with Gasteiger partial charge in [-0.3, -0.25) is 4.79 Å². The molecule has 2 rings (SSSR count). The van der Waals surface area contributed by atoms with E-state index in [1.807, 2.05) is 0 Å². The van der Waals surface area contributed by atoms with Crippen molar-refractivity contribution < 1.29 is 9.90 Å². The summed E-state index contributed by atoms with van der Waals surface area (Å²) >= 11 is 5.98. The number of aliphatic hydroxyl groups is 1. The van der Waals surface area contributed by atoms with Gasteiger partial charge in [0.15, 0.2) is 0 Å². The molecule has 2 saturated carbocycles. The van der Waals surface area contributed by atoms with E-state index in [0.29, 0.717) is 12.2 Å². The van der Waals surface area contributed by atoms with E-state index in [1.54, 1.807) is 0 Å². The minimum atomic E-state index is 0.0764. The van der Waals surface area contributed by atoms with Crippen LogP contribution in [0.4, 0.5) is 0 Å². The summed E-state index contributed by atoms with van der Waals surface area (Å²) in [5.41, 5.74) is 0. The van der Waals surface area contributed by atoms with Crippen LogP contribution < -0.4 is 0 Å². The maximum Gasteiger partial charge on any atom is 0.136 e. The number of alkyl halides is 1. The van der Waals surface area contributed by atoms with Crippen LogP contribution in [0.15, 0.2) is 0 Å². The topological polar surface area (TPSA) is 37.3 Å². The zero-order valence-electron chi connectivity index (χ0n) is 6.16. The first-order chi connectivity index (χ1) is 5.24. The fraction of sp³-hybridized carbons (Fsp3) is 0.875. The number of Topliss-reactive ketones (excluding diaryl/α,β-unsaturated/α-hetero) is 1. The van der Waals surface area contributed by atoms with Gasteiger partial charge in [-0.25, -0.2) is 0 Å². The molecular weight excluding hydrogens is 164 g/mol. The summed E-state index contributed by atoms with van der Waals surface area (Å²) in [4.78, 5) is 11.2. The lowest BCUT2D eigenvalue weighted by atomic mass is 9.99. The van der Waals surface area contributed by atoms with Crippen LogP contribution in [-0.2, 0) is 4.79 Å². The Labute approximate surface area is 70.5 Å². The second kappa shape index (κ2) is 2.46. The highest BCUT2D eigenvalue weighted by Crippen LogP contribution is 2.49. The van der Waals surface area contributed by atoms with Gasteiger partial charge in [0, 0.05) is 24.3 Å². The summed E-state index contributed by atoms with van der Waals surface area (Å²) in [5, 5.41) is 9.11. The molecule has 2 aliphatic carbocycles. The summed E-state index contributed by atoms with van der Waals surface area (Å²) < 4.78 is 0. The number of hydrogen-bond acceptors (Lipinski definition) is 2. The van der Waals surface area contributed by atoms with Crippen molar-refractivity contribution in [3.63, 3.8) is 0 Å². The van der Waals surface area contributed by atoms with E-state index in [9.17, 15) is 4.79 Å². The van der Waals surface area contributed by atoms with Gasteiger partial charge in [-0.1, -0.05) is 0 Å². The zero-order valence-corrected chi connectivity index (χ0v) is 6.92. The van der Waals surface area contributed by atoms with Crippen LogP contribution in [0.3, 0.4) is 0 Å². The molecule has 0 radical (unpaired) electrons. The fourth-order valence-electron chi connectivity index (χ4n) is 2.45. The van der Waals surface area contributed by atoms with Crippen LogP contribution in [0.1, 0.15) is 12.8 Å². The van der Waals surface area contributed by atoms with E-state index in [0.717, 1.165) is 6.42 Å². The van der Waals surface area contributed by atoms with E-state index in [-0.39, 0.29) is 29.7 Å². The highest BCUT2D eigenvalue weighted by atomic mass is 35.5. The first kappa shape index (κ1) is 7.56. The molecule has 0 spiro atoms. The molecule has 0 amide bonds. The smallest absolute Gasteiger partial charge is 0.136 e. The lowest BCUT2D eigenvalue weighted by Gasteiger charge is -2.13.